The van der Waals surface area contributed by atoms with E-state index in [0.29, 0.717) is 24.8 Å². The fourth-order valence-corrected chi connectivity index (χ4v) is 2.45. The van der Waals surface area contributed by atoms with Gasteiger partial charge >= 0.3 is 0 Å². The normalized spacial score (nSPS) is 18.3. The molecule has 2 heterocycles. The first kappa shape index (κ1) is 15.9. The van der Waals surface area contributed by atoms with Crippen molar-refractivity contribution in [1.82, 2.24) is 14.9 Å². The Balaban J connectivity index is 2.27. The van der Waals surface area contributed by atoms with Crippen LogP contribution in [-0.2, 0) is 4.74 Å². The van der Waals surface area contributed by atoms with Crippen LogP contribution < -0.4 is 9.47 Å². The highest BCUT2D eigenvalue weighted by Crippen LogP contribution is 2.34. The van der Waals surface area contributed by atoms with Crippen LogP contribution in [0.15, 0.2) is 6.20 Å². The zero-order valence-corrected chi connectivity index (χ0v) is 13.0. The molecule has 0 bridgehead atoms. The second-order valence-electron chi connectivity index (χ2n) is 5.46. The molecular weight excluding hydrogens is 274 g/mol. The summed E-state index contributed by atoms with van der Waals surface area (Å²) in [5.74, 6) is 0.634. The fraction of sp³-hybridized carbons (Fsp3) is 0.714. The summed E-state index contributed by atoms with van der Waals surface area (Å²) in [6, 6.07) is 0. The number of hydrogen-bond donors (Lipinski definition) is 1. The largest absolute Gasteiger partial charge is 0.480 e. The third-order valence-corrected chi connectivity index (χ3v) is 3.90. The maximum absolute atomic E-state index is 10.8. The molecule has 1 N–H and O–H groups in total. The van der Waals surface area contributed by atoms with Crippen LogP contribution in [0.3, 0.4) is 0 Å². The molecule has 1 aliphatic rings. The number of morpholine rings is 1. The van der Waals surface area contributed by atoms with E-state index in [1.165, 1.54) is 20.4 Å². The minimum Gasteiger partial charge on any atom is -0.480 e. The second-order valence-corrected chi connectivity index (χ2v) is 5.46. The Bertz CT molecular complexity index is 475. The van der Waals surface area contributed by atoms with Gasteiger partial charge in [-0.1, -0.05) is 0 Å². The van der Waals surface area contributed by atoms with E-state index in [1.54, 1.807) is 0 Å². The monoisotopic (exact) mass is 297 g/mol. The summed E-state index contributed by atoms with van der Waals surface area (Å²) in [7, 11) is 3.01. The minimum atomic E-state index is -0.830. The fourth-order valence-electron chi connectivity index (χ4n) is 2.45. The number of nitrogens with zero attached hydrogens (tertiary/aromatic N) is 3. The first-order chi connectivity index (χ1) is 10.0. The number of rotatable bonds is 5. The van der Waals surface area contributed by atoms with Crippen molar-refractivity contribution in [3.8, 4) is 11.8 Å². The summed E-state index contributed by atoms with van der Waals surface area (Å²) in [6.07, 6.45) is 0.653. The molecule has 2 rings (SSSR count). The molecule has 1 aromatic heterocycles. The van der Waals surface area contributed by atoms with Crippen LogP contribution in [0.2, 0.25) is 0 Å². The molecule has 0 amide bonds. The number of aromatic nitrogens is 2. The van der Waals surface area contributed by atoms with Crippen molar-refractivity contribution in [2.75, 3.05) is 40.5 Å². The molecule has 1 aromatic rings. The molecule has 0 spiro atoms. The molecule has 21 heavy (non-hydrogen) atoms. The van der Waals surface area contributed by atoms with Crippen molar-refractivity contribution >= 4 is 0 Å². The van der Waals surface area contributed by atoms with Crippen LogP contribution in [0.4, 0.5) is 0 Å². The lowest BCUT2D eigenvalue weighted by atomic mass is 9.92. The molecule has 1 atom stereocenters. The molecule has 118 valence electrons. The van der Waals surface area contributed by atoms with E-state index in [9.17, 15) is 5.11 Å². The average molecular weight is 297 g/mol. The van der Waals surface area contributed by atoms with Crippen LogP contribution >= 0.6 is 0 Å². The zero-order valence-electron chi connectivity index (χ0n) is 13.0. The van der Waals surface area contributed by atoms with E-state index in [4.69, 9.17) is 14.2 Å². The minimum absolute atomic E-state index is 0.281. The number of hydrogen-bond acceptors (Lipinski definition) is 7. The predicted octanol–water partition coefficient (Wildman–Crippen LogP) is 0.638. The van der Waals surface area contributed by atoms with Crippen LogP contribution in [-0.4, -0.2) is 66.0 Å². The highest BCUT2D eigenvalue weighted by molar-refractivity contribution is 5.26. The van der Waals surface area contributed by atoms with Crippen molar-refractivity contribution in [2.45, 2.75) is 25.5 Å². The summed E-state index contributed by atoms with van der Waals surface area (Å²) < 4.78 is 15.6. The van der Waals surface area contributed by atoms with Crippen molar-refractivity contribution in [1.29, 1.82) is 0 Å². The lowest BCUT2D eigenvalue weighted by Crippen LogP contribution is -2.53. The Hall–Kier alpha value is -1.44. The van der Waals surface area contributed by atoms with E-state index < -0.39 is 11.6 Å². The van der Waals surface area contributed by atoms with Gasteiger partial charge in [-0.15, -0.1) is 0 Å². The van der Waals surface area contributed by atoms with E-state index in [2.05, 4.69) is 14.9 Å². The quantitative estimate of drug-likeness (QED) is 0.854. The molecular formula is C14H23N3O4. The second kappa shape index (κ2) is 6.55. The smallest absolute Gasteiger partial charge is 0.241 e. The van der Waals surface area contributed by atoms with E-state index >= 15 is 0 Å². The Labute approximate surface area is 124 Å². The SMILES string of the molecule is COc1cnc(C(O)C(C)(C)N2CCOCC2)c(OC)n1. The van der Waals surface area contributed by atoms with Gasteiger partial charge in [0.25, 0.3) is 0 Å². The van der Waals surface area contributed by atoms with Gasteiger partial charge in [0.05, 0.1) is 33.6 Å². The molecule has 0 aliphatic carbocycles. The summed E-state index contributed by atoms with van der Waals surface area (Å²) in [5, 5.41) is 10.8. The summed E-state index contributed by atoms with van der Waals surface area (Å²) >= 11 is 0. The number of aliphatic hydroxyl groups excluding tert-OH is 1. The topological polar surface area (TPSA) is 76.9 Å². The Morgan fingerprint density at radius 2 is 1.95 bits per heavy atom. The van der Waals surface area contributed by atoms with Crippen molar-refractivity contribution in [3.63, 3.8) is 0 Å². The average Bonchev–Trinajstić information content (AvgIpc) is 2.54. The highest BCUT2D eigenvalue weighted by Gasteiger charge is 2.38. The van der Waals surface area contributed by atoms with Gasteiger partial charge in [-0.2, -0.15) is 4.98 Å². The molecule has 1 aliphatic heterocycles. The Morgan fingerprint density at radius 1 is 1.29 bits per heavy atom. The van der Waals surface area contributed by atoms with E-state index in [-0.39, 0.29) is 5.88 Å². The highest BCUT2D eigenvalue weighted by atomic mass is 16.5. The van der Waals surface area contributed by atoms with Gasteiger partial charge in [0.1, 0.15) is 11.8 Å². The Morgan fingerprint density at radius 3 is 2.52 bits per heavy atom. The Kier molecular flexibility index (Phi) is 4.97. The summed E-state index contributed by atoms with van der Waals surface area (Å²) in [6.45, 7) is 6.84. The molecule has 0 saturated carbocycles. The number of methoxy groups -OCH3 is 2. The molecule has 7 heteroatoms. The first-order valence-electron chi connectivity index (χ1n) is 6.96. The van der Waals surface area contributed by atoms with Crippen molar-refractivity contribution < 1.29 is 19.3 Å². The third kappa shape index (κ3) is 3.25. The molecule has 0 radical (unpaired) electrons. The molecule has 1 fully saturated rings. The van der Waals surface area contributed by atoms with Crippen LogP contribution in [0.5, 0.6) is 11.8 Å². The van der Waals surface area contributed by atoms with Gasteiger partial charge in [-0.3, -0.25) is 4.90 Å². The zero-order chi connectivity index (χ0) is 15.5. The van der Waals surface area contributed by atoms with E-state index in [1.807, 2.05) is 13.8 Å². The van der Waals surface area contributed by atoms with Crippen molar-refractivity contribution in [2.24, 2.45) is 0 Å². The van der Waals surface area contributed by atoms with Crippen LogP contribution in [0, 0.1) is 0 Å². The molecule has 1 unspecified atom stereocenters. The summed E-state index contributed by atoms with van der Waals surface area (Å²) in [5.41, 5.74) is -0.0878. The van der Waals surface area contributed by atoms with Gasteiger partial charge in [0.15, 0.2) is 0 Å². The lowest BCUT2D eigenvalue weighted by molar-refractivity contribution is -0.0650. The number of aliphatic hydroxyl groups is 1. The van der Waals surface area contributed by atoms with Gasteiger partial charge in [0, 0.05) is 18.6 Å². The first-order valence-corrected chi connectivity index (χ1v) is 6.96. The predicted molar refractivity (Wildman–Crippen MR) is 76.6 cm³/mol. The summed E-state index contributed by atoms with van der Waals surface area (Å²) in [4.78, 5) is 10.6. The lowest BCUT2D eigenvalue weighted by Gasteiger charge is -2.43. The molecule has 0 aromatic carbocycles. The van der Waals surface area contributed by atoms with Gasteiger partial charge in [0.2, 0.25) is 11.8 Å². The van der Waals surface area contributed by atoms with Gasteiger partial charge in [-0.25, -0.2) is 4.98 Å². The van der Waals surface area contributed by atoms with Crippen molar-refractivity contribution in [3.05, 3.63) is 11.9 Å². The van der Waals surface area contributed by atoms with Gasteiger partial charge < -0.3 is 19.3 Å². The maximum atomic E-state index is 10.8. The number of ether oxygens (including phenoxy) is 3. The van der Waals surface area contributed by atoms with E-state index in [0.717, 1.165) is 13.1 Å². The third-order valence-electron chi connectivity index (χ3n) is 3.90. The molecule has 7 nitrogen and oxygen atoms in total. The van der Waals surface area contributed by atoms with Crippen LogP contribution in [0.25, 0.3) is 0 Å². The molecule has 1 saturated heterocycles. The standard InChI is InChI=1S/C14H23N3O4/c1-14(2,17-5-7-21-8-6-17)12(18)11-13(20-4)16-10(19-3)9-15-11/h9,12,18H,5-8H2,1-4H3. The maximum Gasteiger partial charge on any atom is 0.241 e. The van der Waals surface area contributed by atoms with Crippen LogP contribution in [0.1, 0.15) is 25.6 Å². The van der Waals surface area contributed by atoms with Gasteiger partial charge in [-0.05, 0) is 13.8 Å².